The van der Waals surface area contributed by atoms with Gasteiger partial charge >= 0.3 is 12.2 Å². The van der Waals surface area contributed by atoms with E-state index in [4.69, 9.17) is 18.9 Å². The maximum atomic E-state index is 13.6. The van der Waals surface area contributed by atoms with Crippen molar-refractivity contribution in [3.63, 3.8) is 0 Å². The molecule has 4 aliphatic heterocycles. The van der Waals surface area contributed by atoms with Gasteiger partial charge in [0.2, 0.25) is 0 Å². The topological polar surface area (TPSA) is 101 Å². The predicted octanol–water partition coefficient (Wildman–Crippen LogP) is 6.19. The molecule has 2 spiro atoms. The largest absolute Gasteiger partial charge is 0.446 e. The van der Waals surface area contributed by atoms with E-state index in [1.54, 1.807) is 4.90 Å². The number of aliphatic hydroxyl groups excluding tert-OH is 1. The number of fused-ring (bicyclic) bond motifs is 4. The lowest BCUT2D eigenvalue weighted by molar-refractivity contribution is -0.185. The number of ether oxygens (including phenoxy) is 4. The Labute approximate surface area is 312 Å². The molecule has 4 saturated heterocycles. The summed E-state index contributed by atoms with van der Waals surface area (Å²) >= 11 is 0. The molecular formula is C42H67N3O7. The van der Waals surface area contributed by atoms with E-state index in [1.165, 1.54) is 12.8 Å². The fourth-order valence-electron chi connectivity index (χ4n) is 15.0. The fourth-order valence-corrected chi connectivity index (χ4v) is 15.0. The van der Waals surface area contributed by atoms with Gasteiger partial charge in [0.25, 0.3) is 0 Å². The van der Waals surface area contributed by atoms with Crippen LogP contribution in [0, 0.1) is 56.7 Å². The van der Waals surface area contributed by atoms with Crippen molar-refractivity contribution < 1.29 is 33.6 Å². The molecule has 52 heavy (non-hydrogen) atoms. The summed E-state index contributed by atoms with van der Waals surface area (Å²) in [4.78, 5) is 32.7. The molecule has 292 valence electrons. The van der Waals surface area contributed by atoms with Gasteiger partial charge in [0.1, 0.15) is 12.2 Å². The van der Waals surface area contributed by atoms with Crippen molar-refractivity contribution in [2.75, 3.05) is 52.5 Å². The molecule has 5 aliphatic carbocycles. The standard InChI is InChI=1S/C42H67N3O7/c1-25(2)33(52-37(48)44-15-8-16-44)28-21-26(3)32-34(50-28)35(46)40(7)30-10-9-29-38(4,5)31(11-12-41(29)24-42(30,41)14-13-39(32,40)6)51-36(47)45-19-17-43(18-20-45)27-22-49-23-27/h25-35,46H,8-24H2,1-7H3/t26-,28-,29+,30+,31+,32+,33-,34+,35+,39-,40-,41-,42?/m1/s1. The van der Waals surface area contributed by atoms with Crippen molar-refractivity contribution in [1.29, 1.82) is 0 Å². The normalized spacial score (nSPS) is 48.6. The van der Waals surface area contributed by atoms with Crippen LogP contribution < -0.4 is 0 Å². The second-order valence-electron chi connectivity index (χ2n) is 20.6. The van der Waals surface area contributed by atoms with Crippen LogP contribution in [0.15, 0.2) is 0 Å². The van der Waals surface area contributed by atoms with Gasteiger partial charge < -0.3 is 33.9 Å². The third-order valence-electron chi connectivity index (χ3n) is 18.1. The second kappa shape index (κ2) is 12.2. The Balaban J connectivity index is 0.909. The van der Waals surface area contributed by atoms with Gasteiger partial charge in [0, 0.05) is 50.1 Å². The maximum absolute atomic E-state index is 13.6. The molecule has 2 amide bonds. The Morgan fingerprint density at radius 3 is 2.15 bits per heavy atom. The molecule has 0 aromatic carbocycles. The van der Waals surface area contributed by atoms with Gasteiger partial charge in [-0.2, -0.15) is 0 Å². The van der Waals surface area contributed by atoms with Crippen molar-refractivity contribution in [2.45, 2.75) is 143 Å². The van der Waals surface area contributed by atoms with Crippen molar-refractivity contribution in [2.24, 2.45) is 56.7 Å². The average Bonchev–Trinajstić information content (AvgIpc) is 3.68. The van der Waals surface area contributed by atoms with Crippen LogP contribution in [0.25, 0.3) is 0 Å². The quantitative estimate of drug-likeness (QED) is 0.359. The van der Waals surface area contributed by atoms with Crippen LogP contribution in [-0.4, -0.2) is 121 Å². The van der Waals surface area contributed by atoms with E-state index in [0.717, 1.165) is 97.4 Å². The Hall–Kier alpha value is -1.62. The summed E-state index contributed by atoms with van der Waals surface area (Å²) in [6, 6.07) is 0.512. The first kappa shape index (κ1) is 36.0. The lowest BCUT2D eigenvalue weighted by Gasteiger charge is -2.63. The minimum absolute atomic E-state index is 0.0203. The van der Waals surface area contributed by atoms with E-state index in [2.05, 4.69) is 53.4 Å². The zero-order valence-corrected chi connectivity index (χ0v) is 33.1. The Morgan fingerprint density at radius 1 is 0.846 bits per heavy atom. The first-order valence-electron chi connectivity index (χ1n) is 21.2. The summed E-state index contributed by atoms with van der Waals surface area (Å²) in [7, 11) is 0. The highest BCUT2D eigenvalue weighted by atomic mass is 16.6. The van der Waals surface area contributed by atoms with Gasteiger partial charge in [-0.1, -0.05) is 48.5 Å². The van der Waals surface area contributed by atoms with E-state index in [-0.39, 0.29) is 75.5 Å². The average molecular weight is 726 g/mol. The molecule has 0 radical (unpaired) electrons. The highest BCUT2D eigenvalue weighted by Gasteiger charge is 2.85. The molecular weight excluding hydrogens is 658 g/mol. The van der Waals surface area contributed by atoms with E-state index in [1.807, 2.05) is 4.90 Å². The SMILES string of the molecule is CC(C)[C@@H](OC(=O)N1CCC1)[C@H]1C[C@@H](C)[C@H]2[C@H](O1)[C@H](O)[C@@]1(C)[C@@H]3CC[C@H]4C(C)(C)[C@@H](OC(=O)N5CCN(C6COC6)CC5)CC[C@@]45CC35CC[C@]21C. The zero-order chi connectivity index (χ0) is 36.6. The summed E-state index contributed by atoms with van der Waals surface area (Å²) in [6.07, 6.45) is 8.06. The number of amides is 2. The number of nitrogens with zero attached hydrogens (tertiary/aromatic N) is 3. The van der Waals surface area contributed by atoms with Gasteiger partial charge in [-0.25, -0.2) is 9.59 Å². The number of piperazine rings is 1. The summed E-state index contributed by atoms with van der Waals surface area (Å²) in [5, 5.41) is 12.7. The second-order valence-corrected chi connectivity index (χ2v) is 20.6. The van der Waals surface area contributed by atoms with Crippen LogP contribution in [0.4, 0.5) is 9.59 Å². The number of rotatable bonds is 5. The van der Waals surface area contributed by atoms with Crippen LogP contribution in [0.1, 0.15) is 106 Å². The maximum Gasteiger partial charge on any atom is 0.410 e. The minimum Gasteiger partial charge on any atom is -0.446 e. The number of likely N-dealkylation sites (tertiary alicyclic amines) is 1. The molecule has 10 heteroatoms. The number of hydrogen-bond donors (Lipinski definition) is 1. The Morgan fingerprint density at radius 2 is 1.52 bits per heavy atom. The van der Waals surface area contributed by atoms with Crippen molar-refractivity contribution >= 4 is 12.2 Å². The Bertz CT molecular complexity index is 1430. The van der Waals surface area contributed by atoms with Gasteiger partial charge in [-0.15, -0.1) is 0 Å². The summed E-state index contributed by atoms with van der Waals surface area (Å²) in [5.41, 5.74) is 0.137. The van der Waals surface area contributed by atoms with Crippen LogP contribution in [0.3, 0.4) is 0 Å². The molecule has 9 aliphatic rings. The number of hydrogen-bond acceptors (Lipinski definition) is 8. The highest BCUT2D eigenvalue weighted by Crippen LogP contribution is 2.89. The highest BCUT2D eigenvalue weighted by molar-refractivity contribution is 5.69. The van der Waals surface area contributed by atoms with Crippen LogP contribution in [0.5, 0.6) is 0 Å². The Kier molecular flexibility index (Phi) is 8.45. The van der Waals surface area contributed by atoms with Crippen molar-refractivity contribution in [3.8, 4) is 0 Å². The van der Waals surface area contributed by atoms with Crippen LogP contribution in [0.2, 0.25) is 0 Å². The first-order chi connectivity index (χ1) is 24.7. The molecule has 0 bridgehead atoms. The third-order valence-corrected chi connectivity index (χ3v) is 18.1. The molecule has 4 heterocycles. The fraction of sp³-hybridized carbons (Fsp3) is 0.952. The lowest BCUT2D eigenvalue weighted by atomic mass is 9.41. The molecule has 10 nitrogen and oxygen atoms in total. The van der Waals surface area contributed by atoms with Gasteiger partial charge in [0.15, 0.2) is 0 Å². The summed E-state index contributed by atoms with van der Waals surface area (Å²) in [5.74, 6) is 1.74. The summed E-state index contributed by atoms with van der Waals surface area (Å²) < 4.78 is 25.1. The van der Waals surface area contributed by atoms with Crippen LogP contribution >= 0.6 is 0 Å². The smallest absolute Gasteiger partial charge is 0.410 e. The predicted molar refractivity (Wildman–Crippen MR) is 195 cm³/mol. The number of carbonyl (C=O) groups is 2. The first-order valence-corrected chi connectivity index (χ1v) is 21.2. The van der Waals surface area contributed by atoms with E-state index in [0.29, 0.717) is 23.8 Å². The molecule has 9 fully saturated rings. The lowest BCUT2D eigenvalue weighted by Crippen LogP contribution is -2.60. The van der Waals surface area contributed by atoms with E-state index < -0.39 is 6.10 Å². The van der Waals surface area contributed by atoms with Crippen LogP contribution in [-0.2, 0) is 18.9 Å². The minimum atomic E-state index is -0.550. The summed E-state index contributed by atoms with van der Waals surface area (Å²) in [6.45, 7) is 22.8. The van der Waals surface area contributed by atoms with E-state index in [9.17, 15) is 14.7 Å². The van der Waals surface area contributed by atoms with Gasteiger partial charge in [-0.3, -0.25) is 4.90 Å². The molecule has 9 rings (SSSR count). The molecule has 1 unspecified atom stereocenters. The molecule has 5 saturated carbocycles. The number of aliphatic hydroxyl groups is 1. The van der Waals surface area contributed by atoms with E-state index >= 15 is 0 Å². The molecule has 0 aromatic heterocycles. The van der Waals surface area contributed by atoms with Crippen molar-refractivity contribution in [3.05, 3.63) is 0 Å². The van der Waals surface area contributed by atoms with Gasteiger partial charge in [0.05, 0.1) is 37.6 Å². The monoisotopic (exact) mass is 725 g/mol. The molecule has 0 aromatic rings. The van der Waals surface area contributed by atoms with Gasteiger partial charge in [-0.05, 0) is 104 Å². The zero-order valence-electron chi connectivity index (χ0n) is 33.1. The third kappa shape index (κ3) is 4.80. The molecule has 13 atom stereocenters. The number of carbonyl (C=O) groups excluding carboxylic acids is 2. The molecule has 1 N–H and O–H groups in total. The van der Waals surface area contributed by atoms with Crippen molar-refractivity contribution in [1.82, 2.24) is 14.7 Å².